The summed E-state index contributed by atoms with van der Waals surface area (Å²) in [5.41, 5.74) is 0.517. The van der Waals surface area contributed by atoms with Crippen LogP contribution in [0.2, 0.25) is 0 Å². The molecule has 28 heavy (non-hydrogen) atoms. The third-order valence-corrected chi connectivity index (χ3v) is 5.25. The summed E-state index contributed by atoms with van der Waals surface area (Å²) < 4.78 is 0. The summed E-state index contributed by atoms with van der Waals surface area (Å²) in [6, 6.07) is 22.3. The molecule has 0 aliphatic carbocycles. The number of carboxylic acid groups (broad SMARTS) is 2. The number of hydrogen-bond acceptors (Lipinski definition) is 2. The maximum absolute atomic E-state index is 11.9. The summed E-state index contributed by atoms with van der Waals surface area (Å²) in [6.07, 6.45) is 0. The van der Waals surface area contributed by atoms with Crippen molar-refractivity contribution in [2.75, 3.05) is 0 Å². The predicted molar refractivity (Wildman–Crippen MR) is 110 cm³/mol. The van der Waals surface area contributed by atoms with Gasteiger partial charge >= 0.3 is 11.9 Å². The number of fused-ring (bicyclic) bond motifs is 5. The maximum atomic E-state index is 11.9. The van der Waals surface area contributed by atoms with Gasteiger partial charge in [0, 0.05) is 0 Å². The van der Waals surface area contributed by atoms with Crippen molar-refractivity contribution in [1.29, 1.82) is 0 Å². The maximum Gasteiger partial charge on any atom is 0.336 e. The van der Waals surface area contributed by atoms with Gasteiger partial charge in [-0.05, 0) is 85.6 Å². The molecular weight excluding hydrogens is 352 g/mol. The van der Waals surface area contributed by atoms with Crippen LogP contribution in [0.25, 0.3) is 43.1 Å². The molecule has 134 valence electrons. The first kappa shape index (κ1) is 16.3. The largest absolute Gasteiger partial charge is 0.478 e. The van der Waals surface area contributed by atoms with Crippen molar-refractivity contribution in [1.82, 2.24) is 0 Å². The molecule has 0 unspecified atom stereocenters. The SMILES string of the molecule is O=C(O)c1ccc2cc3cc4c(C(=O)O)cc5ccccc5c4cc3cc2c1. The monoisotopic (exact) mass is 366 g/mol. The Morgan fingerprint density at radius 1 is 0.536 bits per heavy atom. The molecule has 0 spiro atoms. The van der Waals surface area contributed by atoms with Crippen LogP contribution in [0.15, 0.2) is 72.8 Å². The van der Waals surface area contributed by atoms with Crippen LogP contribution in [0.1, 0.15) is 20.7 Å². The summed E-state index contributed by atoms with van der Waals surface area (Å²) >= 11 is 0. The molecule has 0 saturated heterocycles. The highest BCUT2D eigenvalue weighted by Crippen LogP contribution is 2.34. The van der Waals surface area contributed by atoms with E-state index in [-0.39, 0.29) is 11.1 Å². The van der Waals surface area contributed by atoms with Crippen LogP contribution in [0.5, 0.6) is 0 Å². The van der Waals surface area contributed by atoms with E-state index in [0.29, 0.717) is 5.39 Å². The Balaban J connectivity index is 1.93. The molecule has 0 bridgehead atoms. The van der Waals surface area contributed by atoms with E-state index in [2.05, 4.69) is 0 Å². The molecule has 0 atom stereocenters. The summed E-state index contributed by atoms with van der Waals surface area (Å²) in [4.78, 5) is 23.1. The van der Waals surface area contributed by atoms with Crippen molar-refractivity contribution in [2.45, 2.75) is 0 Å². The van der Waals surface area contributed by atoms with Gasteiger partial charge in [0.2, 0.25) is 0 Å². The Morgan fingerprint density at radius 3 is 1.96 bits per heavy atom. The number of hydrogen-bond donors (Lipinski definition) is 2. The van der Waals surface area contributed by atoms with Crippen LogP contribution in [-0.2, 0) is 0 Å². The van der Waals surface area contributed by atoms with Gasteiger partial charge in [-0.2, -0.15) is 0 Å². The van der Waals surface area contributed by atoms with E-state index in [1.54, 1.807) is 24.3 Å². The van der Waals surface area contributed by atoms with Crippen molar-refractivity contribution in [2.24, 2.45) is 0 Å². The molecule has 0 aromatic heterocycles. The molecule has 4 heteroatoms. The molecule has 0 aliphatic heterocycles. The van der Waals surface area contributed by atoms with Crippen LogP contribution in [0, 0.1) is 0 Å². The molecule has 0 fully saturated rings. The van der Waals surface area contributed by atoms with E-state index >= 15 is 0 Å². The number of rotatable bonds is 2. The Bertz CT molecular complexity index is 1460. The van der Waals surface area contributed by atoms with Crippen LogP contribution >= 0.6 is 0 Å². The van der Waals surface area contributed by atoms with E-state index < -0.39 is 11.9 Å². The van der Waals surface area contributed by atoms with Gasteiger partial charge < -0.3 is 10.2 Å². The highest BCUT2D eigenvalue weighted by molar-refractivity contribution is 6.19. The van der Waals surface area contributed by atoms with Crippen molar-refractivity contribution in [3.63, 3.8) is 0 Å². The summed E-state index contributed by atoms with van der Waals surface area (Å²) in [6.45, 7) is 0. The number of carbonyl (C=O) groups is 2. The van der Waals surface area contributed by atoms with Gasteiger partial charge in [0.15, 0.2) is 0 Å². The highest BCUT2D eigenvalue weighted by atomic mass is 16.4. The molecule has 0 heterocycles. The minimum Gasteiger partial charge on any atom is -0.478 e. The molecule has 0 aliphatic rings. The Labute approximate surface area is 159 Å². The molecule has 4 nitrogen and oxygen atoms in total. The topological polar surface area (TPSA) is 74.6 Å². The van der Waals surface area contributed by atoms with Gasteiger partial charge in [0.1, 0.15) is 0 Å². The molecule has 5 aromatic carbocycles. The predicted octanol–water partition coefficient (Wildman–Crippen LogP) is 5.70. The third-order valence-electron chi connectivity index (χ3n) is 5.25. The van der Waals surface area contributed by atoms with Crippen molar-refractivity contribution >= 4 is 55.0 Å². The fourth-order valence-corrected chi connectivity index (χ4v) is 3.91. The van der Waals surface area contributed by atoms with Crippen LogP contribution in [-0.4, -0.2) is 22.2 Å². The first-order valence-electron chi connectivity index (χ1n) is 8.81. The summed E-state index contributed by atoms with van der Waals surface area (Å²) in [5.74, 6) is -1.92. The zero-order chi connectivity index (χ0) is 19.4. The second-order valence-corrected chi connectivity index (χ2v) is 6.91. The van der Waals surface area contributed by atoms with Crippen molar-refractivity contribution in [3.8, 4) is 0 Å². The molecule has 0 radical (unpaired) electrons. The summed E-state index contributed by atoms with van der Waals surface area (Å²) in [5, 5.41) is 26.0. The van der Waals surface area contributed by atoms with Gasteiger partial charge in [-0.25, -0.2) is 9.59 Å². The summed E-state index contributed by atoms with van der Waals surface area (Å²) in [7, 11) is 0. The Morgan fingerprint density at radius 2 is 1.21 bits per heavy atom. The van der Waals surface area contributed by atoms with E-state index in [1.807, 2.05) is 48.5 Å². The van der Waals surface area contributed by atoms with E-state index in [0.717, 1.165) is 37.7 Å². The van der Waals surface area contributed by atoms with Gasteiger partial charge in [-0.3, -0.25) is 0 Å². The Kier molecular flexibility index (Phi) is 3.36. The fraction of sp³-hybridized carbons (Fsp3) is 0. The van der Waals surface area contributed by atoms with Crippen LogP contribution in [0.3, 0.4) is 0 Å². The zero-order valence-corrected chi connectivity index (χ0v) is 14.6. The molecule has 0 saturated carbocycles. The standard InChI is InChI=1S/C24H14O4/c25-23(26)15-6-5-13-7-17-12-21-20(11-18(17)9-16(13)8-15)19-4-2-1-3-14(19)10-22(21)24(27)28/h1-12H,(H,25,26)(H,27,28). The van der Waals surface area contributed by atoms with Crippen LogP contribution in [0.4, 0.5) is 0 Å². The smallest absolute Gasteiger partial charge is 0.336 e. The second-order valence-electron chi connectivity index (χ2n) is 6.91. The zero-order valence-electron chi connectivity index (χ0n) is 14.6. The fourth-order valence-electron chi connectivity index (χ4n) is 3.91. The van der Waals surface area contributed by atoms with E-state index in [1.165, 1.54) is 0 Å². The van der Waals surface area contributed by atoms with Gasteiger partial charge in [0.05, 0.1) is 11.1 Å². The molecule has 2 N–H and O–H groups in total. The average Bonchev–Trinajstić information content (AvgIpc) is 2.69. The third kappa shape index (κ3) is 2.39. The lowest BCUT2D eigenvalue weighted by Gasteiger charge is -2.11. The van der Waals surface area contributed by atoms with Gasteiger partial charge in [0.25, 0.3) is 0 Å². The minimum atomic E-state index is -0.961. The molecule has 5 rings (SSSR count). The lowest BCUT2D eigenvalue weighted by Crippen LogP contribution is -1.98. The lowest BCUT2D eigenvalue weighted by molar-refractivity contribution is 0.0687. The van der Waals surface area contributed by atoms with E-state index in [9.17, 15) is 19.8 Å². The quantitative estimate of drug-likeness (QED) is 0.311. The number of aromatic carboxylic acids is 2. The first-order valence-corrected chi connectivity index (χ1v) is 8.81. The number of benzene rings is 5. The molecule has 0 amide bonds. The molecular formula is C24H14O4. The first-order chi connectivity index (χ1) is 13.5. The van der Waals surface area contributed by atoms with Crippen LogP contribution < -0.4 is 0 Å². The Hall–Kier alpha value is -3.92. The normalized spacial score (nSPS) is 11.4. The van der Waals surface area contributed by atoms with Gasteiger partial charge in [-0.1, -0.05) is 30.3 Å². The average molecular weight is 366 g/mol. The molecule has 5 aromatic rings. The minimum absolute atomic E-state index is 0.242. The number of carboxylic acids is 2. The lowest BCUT2D eigenvalue weighted by atomic mass is 9.93. The van der Waals surface area contributed by atoms with Crippen molar-refractivity contribution < 1.29 is 19.8 Å². The van der Waals surface area contributed by atoms with Gasteiger partial charge in [-0.15, -0.1) is 0 Å². The second kappa shape index (κ2) is 5.79. The van der Waals surface area contributed by atoms with E-state index in [4.69, 9.17) is 0 Å². The highest BCUT2D eigenvalue weighted by Gasteiger charge is 2.13. The van der Waals surface area contributed by atoms with Crippen molar-refractivity contribution in [3.05, 3.63) is 83.9 Å².